The average molecular weight is 245 g/mol. The van der Waals surface area contributed by atoms with Crippen molar-refractivity contribution in [3.05, 3.63) is 29.8 Å². The van der Waals surface area contributed by atoms with Crippen LogP contribution in [-0.4, -0.2) is 29.3 Å². The molecule has 1 unspecified atom stereocenters. The van der Waals surface area contributed by atoms with Gasteiger partial charge in [0.2, 0.25) is 0 Å². The van der Waals surface area contributed by atoms with E-state index >= 15 is 0 Å². The van der Waals surface area contributed by atoms with Crippen LogP contribution in [0.15, 0.2) is 18.3 Å². The Kier molecular flexibility index (Phi) is 2.76. The molecule has 2 aromatic heterocycles. The Bertz CT molecular complexity index is 585. The smallest absolute Gasteiger partial charge is 0.170 e. The van der Waals surface area contributed by atoms with Gasteiger partial charge in [-0.15, -0.1) is 0 Å². The molecule has 1 N–H and O–H groups in total. The Labute approximate surface area is 105 Å². The van der Waals surface area contributed by atoms with E-state index in [0.717, 1.165) is 42.8 Å². The van der Waals surface area contributed by atoms with Crippen molar-refractivity contribution in [3.8, 4) is 5.75 Å². The van der Waals surface area contributed by atoms with Crippen LogP contribution in [0, 0.1) is 0 Å². The minimum Gasteiger partial charge on any atom is -0.495 e. The molecule has 0 saturated carbocycles. The fraction of sp³-hybridized carbons (Fsp3) is 0.385. The molecule has 1 atom stereocenters. The zero-order valence-corrected chi connectivity index (χ0v) is 10.2. The van der Waals surface area contributed by atoms with Crippen molar-refractivity contribution in [2.45, 2.75) is 18.9 Å². The van der Waals surface area contributed by atoms with E-state index in [4.69, 9.17) is 4.74 Å². The second-order valence-corrected chi connectivity index (χ2v) is 4.45. The number of fused-ring (bicyclic) bond motifs is 1. The number of ether oxygens (including phenoxy) is 1. The van der Waals surface area contributed by atoms with Crippen molar-refractivity contribution in [2.75, 3.05) is 13.7 Å². The standard InChI is InChI=1S/C13H15N3O2/c1-18-9-4-5-12-11(8-17)15-13(16(12)7-9)10-3-2-6-14-10/h4-5,7-8,10,14H,2-3,6H2,1H3. The number of nitrogens with zero attached hydrogens (tertiary/aromatic N) is 2. The number of imidazole rings is 1. The highest BCUT2D eigenvalue weighted by atomic mass is 16.5. The molecule has 1 fully saturated rings. The van der Waals surface area contributed by atoms with Crippen molar-refractivity contribution in [3.63, 3.8) is 0 Å². The topological polar surface area (TPSA) is 55.6 Å². The largest absolute Gasteiger partial charge is 0.495 e. The first-order valence-electron chi connectivity index (χ1n) is 6.08. The summed E-state index contributed by atoms with van der Waals surface area (Å²) in [7, 11) is 1.63. The summed E-state index contributed by atoms with van der Waals surface area (Å²) in [5.74, 6) is 1.65. The molecule has 1 aliphatic rings. The van der Waals surface area contributed by atoms with Gasteiger partial charge in [-0.05, 0) is 31.5 Å². The summed E-state index contributed by atoms with van der Waals surface area (Å²) in [6.07, 6.45) is 4.87. The Balaban J connectivity index is 2.19. The molecular formula is C13H15N3O2. The van der Waals surface area contributed by atoms with Crippen molar-refractivity contribution in [1.82, 2.24) is 14.7 Å². The third-order valence-corrected chi connectivity index (χ3v) is 3.38. The van der Waals surface area contributed by atoms with Crippen LogP contribution in [0.2, 0.25) is 0 Å². The molecule has 0 bridgehead atoms. The first kappa shape index (κ1) is 11.2. The van der Waals surface area contributed by atoms with Gasteiger partial charge in [0.25, 0.3) is 0 Å². The molecule has 0 aliphatic carbocycles. The van der Waals surface area contributed by atoms with E-state index in [2.05, 4.69) is 10.3 Å². The predicted octanol–water partition coefficient (Wildman–Crippen LogP) is 1.58. The highest BCUT2D eigenvalue weighted by Gasteiger charge is 2.22. The molecule has 0 radical (unpaired) electrons. The summed E-state index contributed by atoms with van der Waals surface area (Å²) >= 11 is 0. The first-order chi connectivity index (χ1) is 8.83. The lowest BCUT2D eigenvalue weighted by molar-refractivity contribution is 0.112. The second-order valence-electron chi connectivity index (χ2n) is 4.45. The number of hydrogen-bond donors (Lipinski definition) is 1. The molecule has 0 aromatic carbocycles. The van der Waals surface area contributed by atoms with Crippen molar-refractivity contribution >= 4 is 11.8 Å². The summed E-state index contributed by atoms with van der Waals surface area (Å²) in [5, 5.41) is 3.40. The lowest BCUT2D eigenvalue weighted by Gasteiger charge is -2.09. The maximum absolute atomic E-state index is 11.1. The van der Waals surface area contributed by atoms with Gasteiger partial charge < -0.3 is 10.1 Å². The Morgan fingerprint density at radius 2 is 2.44 bits per heavy atom. The molecule has 1 saturated heterocycles. The Hall–Kier alpha value is -1.88. The van der Waals surface area contributed by atoms with E-state index in [9.17, 15) is 4.79 Å². The molecule has 0 amide bonds. The number of carbonyl (C=O) groups excluding carboxylic acids is 1. The van der Waals surface area contributed by atoms with Crippen LogP contribution in [0.1, 0.15) is 35.2 Å². The molecule has 1 aliphatic heterocycles. The van der Waals surface area contributed by atoms with E-state index in [1.54, 1.807) is 7.11 Å². The first-order valence-corrected chi connectivity index (χ1v) is 6.08. The Morgan fingerprint density at radius 3 is 3.11 bits per heavy atom. The van der Waals surface area contributed by atoms with Crippen LogP contribution in [-0.2, 0) is 0 Å². The highest BCUT2D eigenvalue weighted by Crippen LogP contribution is 2.26. The maximum Gasteiger partial charge on any atom is 0.170 e. The van der Waals surface area contributed by atoms with Gasteiger partial charge in [0.15, 0.2) is 6.29 Å². The van der Waals surface area contributed by atoms with Crippen LogP contribution in [0.3, 0.4) is 0 Å². The maximum atomic E-state index is 11.1. The molecule has 3 heterocycles. The van der Waals surface area contributed by atoms with Gasteiger partial charge in [-0.1, -0.05) is 0 Å². The minimum atomic E-state index is 0.221. The van der Waals surface area contributed by atoms with Gasteiger partial charge in [0.1, 0.15) is 17.3 Å². The van der Waals surface area contributed by atoms with E-state index in [0.29, 0.717) is 5.69 Å². The number of pyridine rings is 1. The summed E-state index contributed by atoms with van der Waals surface area (Å²) in [4.78, 5) is 15.5. The quantitative estimate of drug-likeness (QED) is 0.834. The van der Waals surface area contributed by atoms with Crippen molar-refractivity contribution in [1.29, 1.82) is 0 Å². The fourth-order valence-electron chi connectivity index (χ4n) is 2.47. The monoisotopic (exact) mass is 245 g/mol. The number of aldehydes is 1. The van der Waals surface area contributed by atoms with E-state index in [1.807, 2.05) is 22.7 Å². The second kappa shape index (κ2) is 4.42. The lowest BCUT2D eigenvalue weighted by Crippen LogP contribution is -2.15. The summed E-state index contributed by atoms with van der Waals surface area (Å²) < 4.78 is 7.18. The van der Waals surface area contributed by atoms with Crippen LogP contribution in [0.25, 0.3) is 5.52 Å². The van der Waals surface area contributed by atoms with Crippen LogP contribution >= 0.6 is 0 Å². The van der Waals surface area contributed by atoms with E-state index < -0.39 is 0 Å². The number of hydrogen-bond acceptors (Lipinski definition) is 4. The van der Waals surface area contributed by atoms with Gasteiger partial charge in [0, 0.05) is 0 Å². The molecule has 18 heavy (non-hydrogen) atoms. The number of carbonyl (C=O) groups is 1. The zero-order valence-electron chi connectivity index (χ0n) is 10.2. The van der Waals surface area contributed by atoms with Crippen molar-refractivity contribution < 1.29 is 9.53 Å². The van der Waals surface area contributed by atoms with Gasteiger partial charge in [-0.2, -0.15) is 0 Å². The van der Waals surface area contributed by atoms with Crippen LogP contribution in [0.4, 0.5) is 0 Å². The Morgan fingerprint density at radius 1 is 1.56 bits per heavy atom. The summed E-state index contributed by atoms with van der Waals surface area (Å²) in [6, 6.07) is 3.93. The number of methoxy groups -OCH3 is 1. The van der Waals surface area contributed by atoms with Gasteiger partial charge in [-0.3, -0.25) is 9.20 Å². The fourth-order valence-corrected chi connectivity index (χ4v) is 2.47. The number of aromatic nitrogens is 2. The number of nitrogens with one attached hydrogen (secondary N) is 1. The third kappa shape index (κ3) is 1.67. The molecule has 5 nitrogen and oxygen atoms in total. The van der Waals surface area contributed by atoms with Gasteiger partial charge in [0.05, 0.1) is 24.9 Å². The molecule has 0 spiro atoms. The molecule has 94 valence electrons. The molecule has 5 heteroatoms. The zero-order chi connectivity index (χ0) is 12.5. The molecule has 2 aromatic rings. The summed E-state index contributed by atoms with van der Waals surface area (Å²) in [6.45, 7) is 1.000. The van der Waals surface area contributed by atoms with Crippen molar-refractivity contribution in [2.24, 2.45) is 0 Å². The summed E-state index contributed by atoms with van der Waals surface area (Å²) in [5.41, 5.74) is 1.32. The minimum absolute atomic E-state index is 0.221. The van der Waals surface area contributed by atoms with Crippen LogP contribution < -0.4 is 10.1 Å². The number of rotatable bonds is 3. The van der Waals surface area contributed by atoms with Gasteiger partial charge >= 0.3 is 0 Å². The molecular weight excluding hydrogens is 230 g/mol. The highest BCUT2D eigenvalue weighted by molar-refractivity contribution is 5.84. The van der Waals surface area contributed by atoms with E-state index in [1.165, 1.54) is 0 Å². The van der Waals surface area contributed by atoms with Gasteiger partial charge in [-0.25, -0.2) is 4.98 Å². The normalized spacial score (nSPS) is 19.3. The predicted molar refractivity (Wildman–Crippen MR) is 67.1 cm³/mol. The lowest BCUT2D eigenvalue weighted by atomic mass is 10.2. The third-order valence-electron chi connectivity index (χ3n) is 3.38. The average Bonchev–Trinajstić information content (AvgIpc) is 3.04. The SMILES string of the molecule is COc1ccc2c(C=O)nc(C3CCCN3)n2c1. The molecule has 3 rings (SSSR count). The van der Waals surface area contributed by atoms with Crippen LogP contribution in [0.5, 0.6) is 5.75 Å². The van der Waals surface area contributed by atoms with E-state index in [-0.39, 0.29) is 6.04 Å².